The number of nitrogens with zero attached hydrogens (tertiary/aromatic N) is 1. The van der Waals surface area contributed by atoms with Gasteiger partial charge in [0.05, 0.1) is 31.5 Å². The van der Waals surface area contributed by atoms with E-state index in [2.05, 4.69) is 4.90 Å². The molecule has 21 heavy (non-hydrogen) atoms. The summed E-state index contributed by atoms with van der Waals surface area (Å²) in [5.41, 5.74) is 7.93. The molecule has 3 rings (SSSR count). The van der Waals surface area contributed by atoms with E-state index in [1.54, 1.807) is 7.11 Å². The lowest BCUT2D eigenvalue weighted by molar-refractivity contribution is -0.00869. The van der Waals surface area contributed by atoms with Crippen LogP contribution in [0.15, 0.2) is 18.2 Å². The molecule has 2 fully saturated rings. The fourth-order valence-corrected chi connectivity index (χ4v) is 3.65. The van der Waals surface area contributed by atoms with Crippen molar-refractivity contribution < 1.29 is 9.47 Å². The van der Waals surface area contributed by atoms with E-state index in [1.807, 2.05) is 18.2 Å². The molecule has 1 heterocycles. The van der Waals surface area contributed by atoms with Crippen molar-refractivity contribution in [1.82, 2.24) is 0 Å². The lowest BCUT2D eigenvalue weighted by Crippen LogP contribution is -2.53. The Morgan fingerprint density at radius 3 is 2.95 bits per heavy atom. The van der Waals surface area contributed by atoms with Crippen molar-refractivity contribution in [2.24, 2.45) is 5.73 Å². The third-order valence-corrected chi connectivity index (χ3v) is 4.73. The molecule has 5 heteroatoms. The van der Waals surface area contributed by atoms with Crippen LogP contribution in [0.4, 0.5) is 5.69 Å². The molecule has 2 unspecified atom stereocenters. The van der Waals surface area contributed by atoms with Crippen molar-refractivity contribution >= 4 is 22.9 Å². The van der Waals surface area contributed by atoms with E-state index in [0.29, 0.717) is 17.1 Å². The van der Waals surface area contributed by atoms with Crippen LogP contribution in [0.25, 0.3) is 0 Å². The summed E-state index contributed by atoms with van der Waals surface area (Å²) in [6.07, 6.45) is 5.16. The van der Waals surface area contributed by atoms with Crippen molar-refractivity contribution in [2.75, 3.05) is 25.2 Å². The van der Waals surface area contributed by atoms with E-state index in [0.717, 1.165) is 36.6 Å². The second kappa shape index (κ2) is 6.20. The van der Waals surface area contributed by atoms with Crippen LogP contribution in [0.5, 0.6) is 5.75 Å². The number of morpholine rings is 1. The highest BCUT2D eigenvalue weighted by Crippen LogP contribution is 2.35. The zero-order chi connectivity index (χ0) is 14.8. The third-order valence-electron chi connectivity index (χ3n) is 4.51. The monoisotopic (exact) mass is 306 g/mol. The average molecular weight is 306 g/mol. The first kappa shape index (κ1) is 14.6. The molecule has 1 aliphatic heterocycles. The first-order valence-electron chi connectivity index (χ1n) is 7.57. The van der Waals surface area contributed by atoms with Crippen LogP contribution in [-0.4, -0.2) is 37.4 Å². The number of fused-ring (bicyclic) bond motifs is 1. The maximum absolute atomic E-state index is 5.95. The van der Waals surface area contributed by atoms with Crippen LogP contribution in [0, 0.1) is 0 Å². The SMILES string of the molecule is COc1ccc(C(N)=S)c(N2CCOC3CCCCC32)c1. The minimum atomic E-state index is 0.331. The van der Waals surface area contributed by atoms with Crippen LogP contribution in [-0.2, 0) is 4.74 Å². The van der Waals surface area contributed by atoms with E-state index in [-0.39, 0.29) is 0 Å². The third kappa shape index (κ3) is 2.85. The number of rotatable bonds is 3. The smallest absolute Gasteiger partial charge is 0.120 e. The number of hydrogen-bond acceptors (Lipinski definition) is 4. The van der Waals surface area contributed by atoms with E-state index in [9.17, 15) is 0 Å². The summed E-state index contributed by atoms with van der Waals surface area (Å²) in [7, 11) is 1.68. The molecule has 4 nitrogen and oxygen atoms in total. The molecule has 0 bridgehead atoms. The molecule has 0 spiro atoms. The van der Waals surface area contributed by atoms with Crippen molar-refractivity contribution in [3.05, 3.63) is 23.8 Å². The van der Waals surface area contributed by atoms with Gasteiger partial charge in [0.2, 0.25) is 0 Å². The highest BCUT2D eigenvalue weighted by molar-refractivity contribution is 7.80. The molecule has 1 saturated carbocycles. The Morgan fingerprint density at radius 1 is 1.38 bits per heavy atom. The Bertz CT molecular complexity index is 533. The van der Waals surface area contributed by atoms with Crippen LogP contribution in [0.2, 0.25) is 0 Å². The molecule has 114 valence electrons. The maximum Gasteiger partial charge on any atom is 0.120 e. The fraction of sp³-hybridized carbons (Fsp3) is 0.562. The lowest BCUT2D eigenvalue weighted by Gasteiger charge is -2.45. The average Bonchev–Trinajstić information content (AvgIpc) is 2.53. The van der Waals surface area contributed by atoms with Gasteiger partial charge >= 0.3 is 0 Å². The summed E-state index contributed by atoms with van der Waals surface area (Å²) >= 11 is 5.22. The van der Waals surface area contributed by atoms with Gasteiger partial charge in [0.25, 0.3) is 0 Å². The molecule has 0 aromatic heterocycles. The Morgan fingerprint density at radius 2 is 2.19 bits per heavy atom. The van der Waals surface area contributed by atoms with Gasteiger partial charge in [0.15, 0.2) is 0 Å². The van der Waals surface area contributed by atoms with Crippen molar-refractivity contribution in [1.29, 1.82) is 0 Å². The van der Waals surface area contributed by atoms with E-state index < -0.39 is 0 Å². The van der Waals surface area contributed by atoms with Crippen LogP contribution in [0.3, 0.4) is 0 Å². The second-order valence-corrected chi connectivity index (χ2v) is 6.14. The number of hydrogen-bond donors (Lipinski definition) is 1. The Hall–Kier alpha value is -1.33. The molecule has 1 aliphatic carbocycles. The van der Waals surface area contributed by atoms with Gasteiger partial charge in [-0.1, -0.05) is 25.1 Å². The Kier molecular flexibility index (Phi) is 4.31. The van der Waals surface area contributed by atoms with Gasteiger partial charge in [0, 0.05) is 18.2 Å². The normalized spacial score (nSPS) is 25.3. The Labute approximate surface area is 131 Å². The predicted molar refractivity (Wildman–Crippen MR) is 88.2 cm³/mol. The van der Waals surface area contributed by atoms with Crippen molar-refractivity contribution in [2.45, 2.75) is 37.8 Å². The van der Waals surface area contributed by atoms with Gasteiger partial charge in [-0.25, -0.2) is 0 Å². The highest BCUT2D eigenvalue weighted by atomic mass is 32.1. The number of nitrogens with two attached hydrogens (primary N) is 1. The topological polar surface area (TPSA) is 47.7 Å². The number of ether oxygens (including phenoxy) is 2. The summed E-state index contributed by atoms with van der Waals surface area (Å²) in [4.78, 5) is 2.86. The summed E-state index contributed by atoms with van der Waals surface area (Å²) in [6, 6.07) is 6.35. The molecule has 2 aliphatic rings. The molecular formula is C16H22N2O2S. The van der Waals surface area contributed by atoms with Crippen molar-refractivity contribution in [3.8, 4) is 5.75 Å². The van der Waals surface area contributed by atoms with Gasteiger partial charge in [-0.2, -0.15) is 0 Å². The van der Waals surface area contributed by atoms with E-state index in [1.165, 1.54) is 19.3 Å². The zero-order valence-corrected chi connectivity index (χ0v) is 13.2. The first-order valence-corrected chi connectivity index (χ1v) is 7.97. The summed E-state index contributed by atoms with van der Waals surface area (Å²) in [6.45, 7) is 1.64. The summed E-state index contributed by atoms with van der Waals surface area (Å²) < 4.78 is 11.3. The number of anilines is 1. The first-order chi connectivity index (χ1) is 10.2. The molecule has 2 N–H and O–H groups in total. The molecule has 1 saturated heterocycles. The summed E-state index contributed by atoms with van der Waals surface area (Å²) in [5.74, 6) is 0.837. The zero-order valence-electron chi connectivity index (χ0n) is 12.4. The van der Waals surface area contributed by atoms with Gasteiger partial charge in [-0.15, -0.1) is 0 Å². The van der Waals surface area contributed by atoms with Gasteiger partial charge in [-0.05, 0) is 25.0 Å². The number of benzene rings is 1. The van der Waals surface area contributed by atoms with Crippen LogP contribution < -0.4 is 15.4 Å². The molecule has 0 amide bonds. The minimum absolute atomic E-state index is 0.331. The summed E-state index contributed by atoms with van der Waals surface area (Å²) in [5, 5.41) is 0. The van der Waals surface area contributed by atoms with Crippen LogP contribution >= 0.6 is 12.2 Å². The minimum Gasteiger partial charge on any atom is -0.497 e. The molecule has 0 radical (unpaired) electrons. The van der Waals surface area contributed by atoms with E-state index in [4.69, 9.17) is 27.4 Å². The molecule has 2 atom stereocenters. The maximum atomic E-state index is 5.95. The predicted octanol–water partition coefficient (Wildman–Crippen LogP) is 2.48. The number of methoxy groups -OCH3 is 1. The van der Waals surface area contributed by atoms with Crippen molar-refractivity contribution in [3.63, 3.8) is 0 Å². The van der Waals surface area contributed by atoms with Gasteiger partial charge in [0.1, 0.15) is 10.7 Å². The lowest BCUT2D eigenvalue weighted by atomic mass is 9.89. The quantitative estimate of drug-likeness (QED) is 0.869. The second-order valence-electron chi connectivity index (χ2n) is 5.70. The highest BCUT2D eigenvalue weighted by Gasteiger charge is 2.35. The van der Waals surface area contributed by atoms with Gasteiger partial charge in [-0.3, -0.25) is 0 Å². The largest absolute Gasteiger partial charge is 0.497 e. The number of thiocarbonyl (C=S) groups is 1. The molecular weight excluding hydrogens is 284 g/mol. The standard InChI is InChI=1S/C16H22N2O2S/c1-19-11-6-7-12(16(17)21)14(10-11)18-8-9-20-15-5-3-2-4-13(15)18/h6-7,10,13,15H,2-5,8-9H2,1H3,(H2,17,21). The molecule has 1 aromatic carbocycles. The van der Waals surface area contributed by atoms with Crippen LogP contribution in [0.1, 0.15) is 31.2 Å². The fourth-order valence-electron chi connectivity index (χ4n) is 3.48. The molecule has 1 aromatic rings. The Balaban J connectivity index is 1.98. The van der Waals surface area contributed by atoms with E-state index >= 15 is 0 Å². The van der Waals surface area contributed by atoms with Gasteiger partial charge < -0.3 is 20.1 Å².